The zero-order chi connectivity index (χ0) is 3.58. The molecule has 0 aliphatic rings. The smallest absolute Gasteiger partial charge is 0.907 e. The average Bonchev–Trinajstić information content (AvgIpc) is 0.811. The molecule has 0 bridgehead atoms. The molecule has 0 saturated carbocycles. The summed E-state index contributed by atoms with van der Waals surface area (Å²) in [6, 6.07) is 0. The van der Waals surface area contributed by atoms with Crippen molar-refractivity contribution in [3.05, 3.63) is 0 Å². The van der Waals surface area contributed by atoms with Crippen LogP contribution in [0, 0.1) is 0 Å². The van der Waals surface area contributed by atoms with Gasteiger partial charge in [0.1, 0.15) is 0 Å². The van der Waals surface area contributed by atoms with Crippen molar-refractivity contribution in [3.8, 4) is 0 Å². The second kappa shape index (κ2) is 9.58. The van der Waals surface area contributed by atoms with E-state index in [1.165, 1.54) is 0 Å². The quantitative estimate of drug-likeness (QED) is 0.277. The minimum Gasteiger partial charge on any atom is -0.907 e. The summed E-state index contributed by atoms with van der Waals surface area (Å²) in [5, 5.41) is 25.2. The Morgan fingerprint density at radius 3 is 1.00 bits per heavy atom. The standard InChI is InChI=1S/BO3.Li.Mg/c2-1(3)4;;/q-3;+1;+2. The van der Waals surface area contributed by atoms with Gasteiger partial charge in [-0.3, -0.25) is 7.32 Å². The molecule has 0 atom stereocenters. The minimum absolute atomic E-state index is 0. The van der Waals surface area contributed by atoms with Crippen LogP contribution in [0.25, 0.3) is 0 Å². The van der Waals surface area contributed by atoms with Crippen molar-refractivity contribution >= 4 is 30.4 Å². The molecule has 0 spiro atoms. The van der Waals surface area contributed by atoms with Crippen LogP contribution in [0.4, 0.5) is 0 Å². The largest absolute Gasteiger partial charge is 2.00 e. The van der Waals surface area contributed by atoms with Gasteiger partial charge in [0.25, 0.3) is 0 Å². The molecule has 0 rings (SSSR count). The first-order chi connectivity index (χ1) is 1.73. The van der Waals surface area contributed by atoms with Crippen LogP contribution in [0.15, 0.2) is 0 Å². The zero-order valence-electron chi connectivity index (χ0n) is 3.51. The van der Waals surface area contributed by atoms with E-state index < -0.39 is 7.32 Å². The van der Waals surface area contributed by atoms with Gasteiger partial charge in [-0.15, -0.1) is 0 Å². The Bertz CT molecular complexity index is 15.5. The first kappa shape index (κ1) is 15.7. The maximum absolute atomic E-state index is 8.42. The van der Waals surface area contributed by atoms with Crippen molar-refractivity contribution in [3.63, 3.8) is 0 Å². The van der Waals surface area contributed by atoms with Gasteiger partial charge in [-0.1, -0.05) is 0 Å². The Balaban J connectivity index is -0.0000000450. The summed E-state index contributed by atoms with van der Waals surface area (Å²) < 4.78 is 0. The third-order valence-electron chi connectivity index (χ3n) is 0. The third kappa shape index (κ3) is 57.6. The van der Waals surface area contributed by atoms with Gasteiger partial charge in [0.05, 0.1) is 0 Å². The number of hydrogen-bond acceptors (Lipinski definition) is 3. The average molecular weight is 90.1 g/mol. The maximum Gasteiger partial charge on any atom is 2.00 e. The Hall–Kier alpha value is 1.31. The van der Waals surface area contributed by atoms with E-state index in [1.807, 2.05) is 0 Å². The van der Waals surface area contributed by atoms with E-state index in [0.29, 0.717) is 0 Å². The van der Waals surface area contributed by atoms with Crippen molar-refractivity contribution in [2.45, 2.75) is 0 Å². The molecule has 24 valence electrons. The molecular formula is BLiMgO3. The molecule has 6 heavy (non-hydrogen) atoms. The van der Waals surface area contributed by atoms with Gasteiger partial charge >= 0.3 is 41.9 Å². The van der Waals surface area contributed by atoms with E-state index >= 15 is 0 Å². The van der Waals surface area contributed by atoms with E-state index in [2.05, 4.69) is 0 Å². The molecule has 0 aromatic rings. The number of rotatable bonds is 0. The summed E-state index contributed by atoms with van der Waals surface area (Å²) >= 11 is 0. The molecule has 0 aromatic heterocycles. The first-order valence-electron chi connectivity index (χ1n) is 0.707. The SMILES string of the molecule is [Li+].[Mg+2].[O-]B([O-])[O-]. The second-order valence-electron chi connectivity index (χ2n) is 0.289. The first-order valence-corrected chi connectivity index (χ1v) is 0.707. The molecule has 0 aliphatic carbocycles. The van der Waals surface area contributed by atoms with Crippen LogP contribution in [0.3, 0.4) is 0 Å². The Labute approximate surface area is 64.3 Å². The molecule has 6 heteroatoms. The van der Waals surface area contributed by atoms with Crippen LogP contribution in [-0.2, 0) is 0 Å². The molecule has 0 radical (unpaired) electrons. The molecule has 0 fully saturated rings. The molecule has 0 unspecified atom stereocenters. The van der Waals surface area contributed by atoms with Crippen LogP contribution in [0.2, 0.25) is 0 Å². The van der Waals surface area contributed by atoms with Crippen LogP contribution < -0.4 is 33.9 Å². The fourth-order valence-corrected chi connectivity index (χ4v) is 0. The minimum atomic E-state index is -2.92. The summed E-state index contributed by atoms with van der Waals surface area (Å²) in [5.41, 5.74) is 0. The summed E-state index contributed by atoms with van der Waals surface area (Å²) in [7, 11) is -2.92. The van der Waals surface area contributed by atoms with E-state index in [0.717, 1.165) is 0 Å². The monoisotopic (exact) mass is 90.0 g/mol. The van der Waals surface area contributed by atoms with Gasteiger partial charge in [-0.05, 0) is 0 Å². The summed E-state index contributed by atoms with van der Waals surface area (Å²) in [4.78, 5) is 0. The van der Waals surface area contributed by atoms with Crippen LogP contribution >= 0.6 is 0 Å². The van der Waals surface area contributed by atoms with Gasteiger partial charge in [-0.25, -0.2) is 0 Å². The topological polar surface area (TPSA) is 69.2 Å². The van der Waals surface area contributed by atoms with Gasteiger partial charge in [-0.2, -0.15) is 0 Å². The van der Waals surface area contributed by atoms with Gasteiger partial charge in [0.15, 0.2) is 0 Å². The van der Waals surface area contributed by atoms with E-state index in [4.69, 9.17) is 15.1 Å². The second-order valence-corrected chi connectivity index (χ2v) is 0.289. The van der Waals surface area contributed by atoms with Gasteiger partial charge < -0.3 is 15.1 Å². The predicted molar refractivity (Wildman–Crippen MR) is 11.5 cm³/mol. The van der Waals surface area contributed by atoms with Gasteiger partial charge in [0.2, 0.25) is 0 Å². The molecule has 0 amide bonds. The summed E-state index contributed by atoms with van der Waals surface area (Å²) in [5.74, 6) is 0. The maximum atomic E-state index is 8.42. The van der Waals surface area contributed by atoms with Crippen molar-refractivity contribution in [2.75, 3.05) is 0 Å². The summed E-state index contributed by atoms with van der Waals surface area (Å²) in [6.07, 6.45) is 0. The summed E-state index contributed by atoms with van der Waals surface area (Å²) in [6.45, 7) is 0. The Kier molecular flexibility index (Phi) is 25.0. The predicted octanol–water partition coefficient (Wildman–Crippen LogP) is -7.32. The van der Waals surface area contributed by atoms with Crippen molar-refractivity contribution < 1.29 is 33.9 Å². The molecule has 0 aliphatic heterocycles. The third-order valence-corrected chi connectivity index (χ3v) is 0. The van der Waals surface area contributed by atoms with E-state index in [1.54, 1.807) is 0 Å². The van der Waals surface area contributed by atoms with Crippen LogP contribution in [0.5, 0.6) is 0 Å². The van der Waals surface area contributed by atoms with Gasteiger partial charge in [0, 0.05) is 0 Å². The molecule has 0 heterocycles. The Morgan fingerprint density at radius 1 is 1.00 bits per heavy atom. The molecule has 0 N–H and O–H groups in total. The Morgan fingerprint density at radius 2 is 1.00 bits per heavy atom. The zero-order valence-corrected chi connectivity index (χ0v) is 4.92. The number of hydrogen-bond donors (Lipinski definition) is 0. The van der Waals surface area contributed by atoms with Crippen LogP contribution in [-0.4, -0.2) is 30.4 Å². The van der Waals surface area contributed by atoms with Crippen LogP contribution in [0.1, 0.15) is 0 Å². The van der Waals surface area contributed by atoms with Crippen molar-refractivity contribution in [1.82, 2.24) is 0 Å². The normalized spacial score (nSPS) is 4.50. The van der Waals surface area contributed by atoms with Crippen molar-refractivity contribution in [2.24, 2.45) is 0 Å². The molecular weight excluding hydrogens is 90.1 g/mol. The molecule has 0 aromatic carbocycles. The van der Waals surface area contributed by atoms with Crippen molar-refractivity contribution in [1.29, 1.82) is 0 Å². The van der Waals surface area contributed by atoms with E-state index in [9.17, 15) is 0 Å². The van der Waals surface area contributed by atoms with E-state index in [-0.39, 0.29) is 41.9 Å². The molecule has 3 nitrogen and oxygen atoms in total. The fourth-order valence-electron chi connectivity index (χ4n) is 0. The molecule has 0 saturated heterocycles. The fraction of sp³-hybridized carbons (Fsp3) is 0.